The van der Waals surface area contributed by atoms with Gasteiger partial charge in [0.2, 0.25) is 0 Å². The van der Waals surface area contributed by atoms with Crippen LogP contribution in [0.5, 0.6) is 0 Å². The van der Waals surface area contributed by atoms with Crippen LogP contribution in [0.2, 0.25) is 0 Å². The number of aliphatic hydroxyl groups is 1. The Bertz CT molecular complexity index is 121. The molecule has 0 heterocycles. The van der Waals surface area contributed by atoms with Crippen LogP contribution >= 0.6 is 0 Å². The van der Waals surface area contributed by atoms with Crippen molar-refractivity contribution in [3.8, 4) is 0 Å². The Morgan fingerprint density at radius 1 is 1.11 bits per heavy atom. The summed E-state index contributed by atoms with van der Waals surface area (Å²) in [5.41, 5.74) is 0. The molecule has 1 nitrogen and oxygen atoms in total. The molecule has 1 N–H and O–H groups in total. The Morgan fingerprint density at radius 2 is 1.78 bits per heavy atom. The molecule has 0 spiro atoms. The first-order valence-electron chi connectivity index (χ1n) is 2.97. The van der Waals surface area contributed by atoms with E-state index < -0.39 is 0 Å². The van der Waals surface area contributed by atoms with Gasteiger partial charge in [0.05, 0.1) is 6.61 Å². The van der Waals surface area contributed by atoms with Crippen molar-refractivity contribution in [1.82, 2.24) is 0 Å². The van der Waals surface area contributed by atoms with E-state index in [0.29, 0.717) is 0 Å². The molecule has 0 aromatic carbocycles. The molecular weight excluding hydrogens is 112 g/mol. The highest BCUT2D eigenvalue weighted by Gasteiger charge is 1.60. The van der Waals surface area contributed by atoms with Crippen LogP contribution in [-0.4, -0.2) is 11.7 Å². The third-order valence-electron chi connectivity index (χ3n) is 0.767. The molecule has 0 aromatic heterocycles. The normalized spacial score (nSPS) is 12.7. The molecule has 0 amide bonds. The van der Waals surface area contributed by atoms with Crippen molar-refractivity contribution in [1.29, 1.82) is 0 Å². The van der Waals surface area contributed by atoms with Gasteiger partial charge in [0.15, 0.2) is 0 Å². The molecule has 50 valence electrons. The molecule has 0 rings (SSSR count). The zero-order valence-corrected chi connectivity index (χ0v) is 5.62. The summed E-state index contributed by atoms with van der Waals surface area (Å²) in [4.78, 5) is 0. The maximum Gasteiger partial charge on any atom is 0.0615 e. The van der Waals surface area contributed by atoms with Gasteiger partial charge in [-0.3, -0.25) is 0 Å². The van der Waals surface area contributed by atoms with Crippen LogP contribution in [0.25, 0.3) is 0 Å². The fourth-order valence-corrected chi connectivity index (χ4v) is 0.379. The predicted octanol–water partition coefficient (Wildman–Crippen LogP) is 1.67. The lowest BCUT2D eigenvalue weighted by Gasteiger charge is -1.73. The summed E-state index contributed by atoms with van der Waals surface area (Å²) in [6.45, 7) is 2.07. The van der Waals surface area contributed by atoms with Gasteiger partial charge in [-0.15, -0.1) is 0 Å². The minimum absolute atomic E-state index is 0.111. The van der Waals surface area contributed by atoms with Gasteiger partial charge >= 0.3 is 0 Å². The van der Waals surface area contributed by atoms with Crippen molar-refractivity contribution in [3.05, 3.63) is 36.5 Å². The summed E-state index contributed by atoms with van der Waals surface area (Å²) in [5, 5.41) is 8.28. The molecule has 0 radical (unpaired) electrons. The topological polar surface area (TPSA) is 20.2 Å². The van der Waals surface area contributed by atoms with Crippen molar-refractivity contribution >= 4 is 0 Å². The third-order valence-corrected chi connectivity index (χ3v) is 0.767. The van der Waals surface area contributed by atoms with E-state index in [1.807, 2.05) is 31.2 Å². The van der Waals surface area contributed by atoms with E-state index in [4.69, 9.17) is 5.11 Å². The highest BCUT2D eigenvalue weighted by atomic mass is 16.2. The smallest absolute Gasteiger partial charge is 0.0615 e. The Morgan fingerprint density at radius 3 is 2.33 bits per heavy atom. The van der Waals surface area contributed by atoms with Crippen molar-refractivity contribution in [2.45, 2.75) is 6.92 Å². The second-order valence-corrected chi connectivity index (χ2v) is 1.52. The standard InChI is InChI=1S/C8H12O/c1-2-3-4-5-6-7-8-9/h2-7,9H,8H2,1H3. The van der Waals surface area contributed by atoms with E-state index in [9.17, 15) is 0 Å². The molecule has 1 heteroatoms. The summed E-state index contributed by atoms with van der Waals surface area (Å²) in [6, 6.07) is 0. The maximum atomic E-state index is 8.28. The van der Waals surface area contributed by atoms with Crippen molar-refractivity contribution in [2.75, 3.05) is 6.61 Å². The van der Waals surface area contributed by atoms with E-state index >= 15 is 0 Å². The average Bonchev–Trinajstić information content (AvgIpc) is 1.89. The Kier molecular flexibility index (Phi) is 6.53. The second kappa shape index (κ2) is 7.18. The quantitative estimate of drug-likeness (QED) is 0.567. The van der Waals surface area contributed by atoms with Crippen LogP contribution in [-0.2, 0) is 0 Å². The van der Waals surface area contributed by atoms with Gasteiger partial charge in [0, 0.05) is 0 Å². The van der Waals surface area contributed by atoms with Crippen LogP contribution in [0.4, 0.5) is 0 Å². The number of rotatable bonds is 3. The zero-order valence-electron chi connectivity index (χ0n) is 5.62. The molecule has 0 aliphatic carbocycles. The average molecular weight is 124 g/mol. The number of hydrogen-bond acceptors (Lipinski definition) is 1. The lowest BCUT2D eigenvalue weighted by Crippen LogP contribution is -1.66. The molecular formula is C8H12O. The van der Waals surface area contributed by atoms with Crippen LogP contribution in [0.1, 0.15) is 6.92 Å². The largest absolute Gasteiger partial charge is 0.392 e. The zero-order chi connectivity index (χ0) is 6.95. The summed E-state index contributed by atoms with van der Waals surface area (Å²) in [6.07, 6.45) is 11.1. The Balaban J connectivity index is 3.35. The predicted molar refractivity (Wildman–Crippen MR) is 40.2 cm³/mol. The Hall–Kier alpha value is -0.820. The third kappa shape index (κ3) is 7.18. The van der Waals surface area contributed by atoms with Crippen molar-refractivity contribution in [3.63, 3.8) is 0 Å². The van der Waals surface area contributed by atoms with Gasteiger partial charge < -0.3 is 5.11 Å². The minimum atomic E-state index is 0.111. The van der Waals surface area contributed by atoms with Crippen LogP contribution < -0.4 is 0 Å². The van der Waals surface area contributed by atoms with Crippen LogP contribution in [0, 0.1) is 0 Å². The van der Waals surface area contributed by atoms with Gasteiger partial charge in [-0.2, -0.15) is 0 Å². The van der Waals surface area contributed by atoms with Gasteiger partial charge in [-0.1, -0.05) is 36.5 Å². The summed E-state index contributed by atoms with van der Waals surface area (Å²) in [5.74, 6) is 0. The van der Waals surface area contributed by atoms with E-state index in [2.05, 4.69) is 0 Å². The van der Waals surface area contributed by atoms with E-state index in [1.165, 1.54) is 0 Å². The van der Waals surface area contributed by atoms with E-state index in [-0.39, 0.29) is 6.61 Å². The first kappa shape index (κ1) is 8.18. The first-order valence-corrected chi connectivity index (χ1v) is 2.97. The molecule has 0 aliphatic rings. The number of hydrogen-bond donors (Lipinski definition) is 1. The first-order chi connectivity index (χ1) is 4.41. The fraction of sp³-hybridized carbons (Fsp3) is 0.250. The number of allylic oxidation sites excluding steroid dienone is 5. The van der Waals surface area contributed by atoms with Gasteiger partial charge in [0.25, 0.3) is 0 Å². The van der Waals surface area contributed by atoms with Crippen LogP contribution in [0.15, 0.2) is 36.5 Å². The molecule has 9 heavy (non-hydrogen) atoms. The highest BCUT2D eigenvalue weighted by Crippen LogP contribution is 1.78. The van der Waals surface area contributed by atoms with Gasteiger partial charge in [-0.05, 0) is 6.92 Å². The minimum Gasteiger partial charge on any atom is -0.392 e. The second-order valence-electron chi connectivity index (χ2n) is 1.52. The summed E-state index contributed by atoms with van der Waals surface area (Å²) in [7, 11) is 0. The SMILES string of the molecule is CC=CC=CC=CCO. The van der Waals surface area contributed by atoms with Gasteiger partial charge in [-0.25, -0.2) is 0 Å². The lowest BCUT2D eigenvalue weighted by molar-refractivity contribution is 0.343. The summed E-state index contributed by atoms with van der Waals surface area (Å²) >= 11 is 0. The molecule has 0 atom stereocenters. The van der Waals surface area contributed by atoms with Gasteiger partial charge in [0.1, 0.15) is 0 Å². The Labute approximate surface area is 56.0 Å². The highest BCUT2D eigenvalue weighted by molar-refractivity contribution is 5.10. The molecule has 0 saturated carbocycles. The van der Waals surface area contributed by atoms with E-state index in [0.717, 1.165) is 0 Å². The monoisotopic (exact) mass is 124 g/mol. The molecule has 0 aromatic rings. The lowest BCUT2D eigenvalue weighted by atomic mass is 10.4. The van der Waals surface area contributed by atoms with Crippen molar-refractivity contribution in [2.24, 2.45) is 0 Å². The molecule has 0 bridgehead atoms. The molecule has 0 fully saturated rings. The fourth-order valence-electron chi connectivity index (χ4n) is 0.379. The number of aliphatic hydroxyl groups excluding tert-OH is 1. The maximum absolute atomic E-state index is 8.28. The molecule has 0 unspecified atom stereocenters. The van der Waals surface area contributed by atoms with Crippen molar-refractivity contribution < 1.29 is 5.11 Å². The van der Waals surface area contributed by atoms with E-state index in [1.54, 1.807) is 12.2 Å². The summed E-state index contributed by atoms with van der Waals surface area (Å²) < 4.78 is 0. The molecule has 0 saturated heterocycles. The van der Waals surface area contributed by atoms with Crippen LogP contribution in [0.3, 0.4) is 0 Å². The molecule has 0 aliphatic heterocycles.